The molecule has 1 aliphatic rings. The molecule has 0 spiro atoms. The van der Waals surface area contributed by atoms with Gasteiger partial charge in [-0.05, 0) is 29.2 Å². The Morgan fingerprint density at radius 2 is 1.66 bits per heavy atom. The van der Waals surface area contributed by atoms with Crippen molar-refractivity contribution >= 4 is 18.0 Å². The zero-order chi connectivity index (χ0) is 23.1. The summed E-state index contributed by atoms with van der Waals surface area (Å²) in [6.45, 7) is 1.77. The molecule has 0 saturated carbocycles. The number of amides is 2. The molecule has 0 unspecified atom stereocenters. The zero-order valence-electron chi connectivity index (χ0n) is 17.9. The van der Waals surface area contributed by atoms with Gasteiger partial charge < -0.3 is 25.2 Å². The average molecular weight is 438 g/mol. The predicted molar refractivity (Wildman–Crippen MR) is 118 cm³/mol. The molecule has 0 aliphatic heterocycles. The second kappa shape index (κ2) is 10.6. The maximum Gasteiger partial charge on any atom is 0.407 e. The monoisotopic (exact) mass is 438 g/mol. The number of carbonyl (C=O) groups is 3. The van der Waals surface area contributed by atoms with Crippen molar-refractivity contribution in [1.82, 2.24) is 10.6 Å². The highest BCUT2D eigenvalue weighted by Crippen LogP contribution is 2.44. The lowest BCUT2D eigenvalue weighted by molar-refractivity contribution is -0.131. The molecule has 0 saturated heterocycles. The molecule has 32 heavy (non-hydrogen) atoms. The molecule has 0 bridgehead atoms. The summed E-state index contributed by atoms with van der Waals surface area (Å²) in [6.07, 6.45) is 0.853. The van der Waals surface area contributed by atoms with Crippen LogP contribution in [-0.4, -0.2) is 55.5 Å². The van der Waals surface area contributed by atoms with Crippen molar-refractivity contribution < 1.29 is 29.0 Å². The van der Waals surface area contributed by atoms with Crippen LogP contribution in [0.2, 0.25) is 0 Å². The summed E-state index contributed by atoms with van der Waals surface area (Å²) < 4.78 is 10.7. The number of benzene rings is 2. The normalized spacial score (nSPS) is 14.3. The minimum absolute atomic E-state index is 0.00440. The molecule has 2 aromatic carbocycles. The van der Waals surface area contributed by atoms with Crippen molar-refractivity contribution in [1.29, 1.82) is 0 Å². The molecular formula is C24H26N2O6. The third kappa shape index (κ3) is 5.33. The minimum atomic E-state index is -1.11. The van der Waals surface area contributed by atoms with Gasteiger partial charge in [0, 0.05) is 25.6 Å². The highest BCUT2D eigenvalue weighted by molar-refractivity contribution is 5.86. The molecule has 3 N–H and O–H groups in total. The summed E-state index contributed by atoms with van der Waals surface area (Å²) in [5.74, 6) is -1.72. The molecule has 2 amide bonds. The maximum absolute atomic E-state index is 12.5. The second-order valence-electron chi connectivity index (χ2n) is 7.37. The van der Waals surface area contributed by atoms with E-state index in [1.165, 1.54) is 13.2 Å². The van der Waals surface area contributed by atoms with Crippen molar-refractivity contribution in [2.24, 2.45) is 0 Å². The lowest BCUT2D eigenvalue weighted by atomic mass is 9.98. The van der Waals surface area contributed by atoms with Crippen molar-refractivity contribution in [3.8, 4) is 11.1 Å². The van der Waals surface area contributed by atoms with Crippen LogP contribution in [0.3, 0.4) is 0 Å². The standard InChI is InChI=1S/C24H26N2O6/c1-15(31-2)22(23(29)25-13-7-12-21(27)28)26-24(30)32-14-20-18-10-5-3-8-16(18)17-9-4-6-11-19(17)20/h3-12,15,20,22H,13-14H2,1-2H3,(H,25,29)(H,26,30)(H,27,28)/b12-7+/t15-,22+/m1/s1. The van der Waals surface area contributed by atoms with Crippen molar-refractivity contribution in [2.45, 2.75) is 25.0 Å². The Labute approximate surface area is 186 Å². The molecule has 0 radical (unpaired) electrons. The number of nitrogens with one attached hydrogen (secondary N) is 2. The number of alkyl carbamates (subject to hydrolysis) is 1. The first-order chi connectivity index (χ1) is 15.4. The molecule has 1 aliphatic carbocycles. The number of methoxy groups -OCH3 is 1. The molecule has 168 valence electrons. The number of hydrogen-bond acceptors (Lipinski definition) is 5. The van der Waals surface area contributed by atoms with E-state index in [-0.39, 0.29) is 19.1 Å². The van der Waals surface area contributed by atoms with E-state index in [9.17, 15) is 14.4 Å². The summed E-state index contributed by atoms with van der Waals surface area (Å²) in [5, 5.41) is 13.7. The Kier molecular flexibility index (Phi) is 7.62. The van der Waals surface area contributed by atoms with E-state index in [0.717, 1.165) is 28.3 Å². The summed E-state index contributed by atoms with van der Waals surface area (Å²) in [7, 11) is 1.43. The Hall–Kier alpha value is -3.65. The van der Waals surface area contributed by atoms with E-state index >= 15 is 0 Å². The topological polar surface area (TPSA) is 114 Å². The van der Waals surface area contributed by atoms with Crippen LogP contribution in [0.15, 0.2) is 60.7 Å². The van der Waals surface area contributed by atoms with Crippen LogP contribution in [0.25, 0.3) is 11.1 Å². The third-order valence-electron chi connectivity index (χ3n) is 5.40. The number of hydrogen-bond donors (Lipinski definition) is 3. The van der Waals surface area contributed by atoms with Crippen molar-refractivity contribution in [2.75, 3.05) is 20.3 Å². The number of aliphatic carboxylic acids is 1. The summed E-state index contributed by atoms with van der Waals surface area (Å²) in [6, 6.07) is 15.0. The first-order valence-corrected chi connectivity index (χ1v) is 10.2. The fraction of sp³-hybridized carbons (Fsp3) is 0.292. The summed E-state index contributed by atoms with van der Waals surface area (Å²) >= 11 is 0. The van der Waals surface area contributed by atoms with Gasteiger partial charge in [0.15, 0.2) is 0 Å². The zero-order valence-corrected chi connectivity index (χ0v) is 17.9. The van der Waals surface area contributed by atoms with Gasteiger partial charge in [0.05, 0.1) is 6.10 Å². The maximum atomic E-state index is 12.5. The quantitative estimate of drug-likeness (QED) is 0.519. The van der Waals surface area contributed by atoms with Crippen LogP contribution >= 0.6 is 0 Å². The number of rotatable bonds is 9. The number of carboxylic acid groups (broad SMARTS) is 1. The Bertz CT molecular complexity index is 974. The first-order valence-electron chi connectivity index (χ1n) is 10.2. The number of fused-ring (bicyclic) bond motifs is 3. The molecule has 8 heteroatoms. The molecule has 2 aromatic rings. The van der Waals surface area contributed by atoms with Gasteiger partial charge in [-0.15, -0.1) is 0 Å². The first kappa shape index (κ1) is 23.0. The van der Waals surface area contributed by atoms with Crippen LogP contribution in [-0.2, 0) is 19.1 Å². The Morgan fingerprint density at radius 1 is 1.06 bits per heavy atom. The number of carbonyl (C=O) groups excluding carboxylic acids is 2. The van der Waals surface area contributed by atoms with E-state index in [2.05, 4.69) is 10.6 Å². The van der Waals surface area contributed by atoms with E-state index in [1.807, 2.05) is 48.5 Å². The van der Waals surface area contributed by atoms with Gasteiger partial charge >= 0.3 is 12.1 Å². The lowest BCUT2D eigenvalue weighted by Gasteiger charge is -2.23. The Balaban J connectivity index is 1.63. The fourth-order valence-corrected chi connectivity index (χ4v) is 3.73. The van der Waals surface area contributed by atoms with Gasteiger partial charge in [-0.3, -0.25) is 4.79 Å². The second-order valence-corrected chi connectivity index (χ2v) is 7.37. The van der Waals surface area contributed by atoms with Gasteiger partial charge in [0.1, 0.15) is 12.6 Å². The summed E-state index contributed by atoms with van der Waals surface area (Å²) in [5.41, 5.74) is 4.42. The van der Waals surface area contributed by atoms with Crippen LogP contribution in [0, 0.1) is 0 Å². The van der Waals surface area contributed by atoms with Crippen LogP contribution < -0.4 is 10.6 Å². The molecule has 3 rings (SSSR count). The van der Waals surface area contributed by atoms with Gasteiger partial charge in [0.2, 0.25) is 5.91 Å². The molecule has 0 fully saturated rings. The third-order valence-corrected chi connectivity index (χ3v) is 5.40. The SMILES string of the molecule is CO[C@H](C)[C@H](NC(=O)OCC1c2ccccc2-c2ccccc21)C(=O)NC/C=C/C(=O)O. The van der Waals surface area contributed by atoms with Crippen molar-refractivity contribution in [3.05, 3.63) is 71.8 Å². The van der Waals surface area contributed by atoms with Gasteiger partial charge in [-0.1, -0.05) is 54.6 Å². The number of carboxylic acids is 1. The molecule has 8 nitrogen and oxygen atoms in total. The van der Waals surface area contributed by atoms with E-state index in [1.54, 1.807) is 6.92 Å². The van der Waals surface area contributed by atoms with Crippen molar-refractivity contribution in [3.63, 3.8) is 0 Å². The molecule has 0 heterocycles. The highest BCUT2D eigenvalue weighted by Gasteiger charge is 2.31. The lowest BCUT2D eigenvalue weighted by Crippen LogP contribution is -2.53. The van der Waals surface area contributed by atoms with Crippen LogP contribution in [0.1, 0.15) is 24.0 Å². The highest BCUT2D eigenvalue weighted by atomic mass is 16.5. The minimum Gasteiger partial charge on any atom is -0.478 e. The van der Waals surface area contributed by atoms with E-state index < -0.39 is 30.1 Å². The fourth-order valence-electron chi connectivity index (χ4n) is 3.73. The van der Waals surface area contributed by atoms with E-state index in [0.29, 0.717) is 0 Å². The molecule has 0 aromatic heterocycles. The van der Waals surface area contributed by atoms with Crippen LogP contribution in [0.5, 0.6) is 0 Å². The molecular weight excluding hydrogens is 412 g/mol. The number of ether oxygens (including phenoxy) is 2. The largest absolute Gasteiger partial charge is 0.478 e. The van der Waals surface area contributed by atoms with Gasteiger partial charge in [0.25, 0.3) is 0 Å². The predicted octanol–water partition coefficient (Wildman–Crippen LogP) is 2.69. The van der Waals surface area contributed by atoms with Crippen LogP contribution in [0.4, 0.5) is 4.79 Å². The smallest absolute Gasteiger partial charge is 0.407 e. The summed E-state index contributed by atoms with van der Waals surface area (Å²) in [4.78, 5) is 35.5. The molecule has 2 atom stereocenters. The average Bonchev–Trinajstić information content (AvgIpc) is 3.12. The Morgan fingerprint density at radius 3 is 2.22 bits per heavy atom. The van der Waals surface area contributed by atoms with E-state index in [4.69, 9.17) is 14.6 Å². The van der Waals surface area contributed by atoms with Gasteiger partial charge in [-0.25, -0.2) is 9.59 Å². The van der Waals surface area contributed by atoms with Gasteiger partial charge in [-0.2, -0.15) is 0 Å².